The van der Waals surface area contributed by atoms with Gasteiger partial charge in [0.2, 0.25) is 0 Å². The first-order valence-corrected chi connectivity index (χ1v) is 7.06. The van der Waals surface area contributed by atoms with E-state index in [0.717, 1.165) is 12.0 Å². The van der Waals surface area contributed by atoms with E-state index in [1.807, 2.05) is 18.2 Å². The Labute approximate surface area is 127 Å². The quantitative estimate of drug-likeness (QED) is 0.801. The van der Waals surface area contributed by atoms with Crippen molar-refractivity contribution < 1.29 is 19.1 Å². The van der Waals surface area contributed by atoms with Crippen molar-refractivity contribution in [1.82, 2.24) is 10.9 Å². The number of carbonyl (C=O) groups excluding carboxylic acids is 2. The number of hydrogen-bond acceptors (Lipinski definition) is 4. The molecule has 2 rings (SSSR count). The van der Waals surface area contributed by atoms with Gasteiger partial charge in [-0.15, -0.1) is 0 Å². The van der Waals surface area contributed by atoms with E-state index < -0.39 is 12.0 Å². The molecule has 0 saturated carbocycles. The van der Waals surface area contributed by atoms with Gasteiger partial charge in [0.1, 0.15) is 12.7 Å². The Hall–Kier alpha value is -1.63. The SMILES string of the molecule is O=C(COCc1ccccc1Cl)NNC(=O)[C@H]1CCCO1. The highest BCUT2D eigenvalue weighted by molar-refractivity contribution is 6.31. The zero-order chi connectivity index (χ0) is 15.1. The first-order chi connectivity index (χ1) is 10.2. The van der Waals surface area contributed by atoms with Crippen LogP contribution >= 0.6 is 11.6 Å². The molecule has 1 aliphatic heterocycles. The fraction of sp³-hybridized carbons (Fsp3) is 0.429. The molecule has 1 fully saturated rings. The van der Waals surface area contributed by atoms with Crippen molar-refractivity contribution in [3.05, 3.63) is 34.9 Å². The molecular formula is C14H17ClN2O4. The monoisotopic (exact) mass is 312 g/mol. The van der Waals surface area contributed by atoms with Crippen LogP contribution in [0, 0.1) is 0 Å². The molecule has 0 aromatic heterocycles. The van der Waals surface area contributed by atoms with Crippen LogP contribution < -0.4 is 10.9 Å². The normalized spacial score (nSPS) is 17.5. The Bertz CT molecular complexity index is 504. The first-order valence-electron chi connectivity index (χ1n) is 6.68. The highest BCUT2D eigenvalue weighted by atomic mass is 35.5. The number of hydrazine groups is 1. The molecule has 21 heavy (non-hydrogen) atoms. The second-order valence-electron chi connectivity index (χ2n) is 4.62. The lowest BCUT2D eigenvalue weighted by Crippen LogP contribution is -2.47. The minimum atomic E-state index is -0.477. The summed E-state index contributed by atoms with van der Waals surface area (Å²) in [5, 5.41) is 0.588. The summed E-state index contributed by atoms with van der Waals surface area (Å²) in [6, 6.07) is 7.23. The van der Waals surface area contributed by atoms with Crippen molar-refractivity contribution in [3.63, 3.8) is 0 Å². The van der Waals surface area contributed by atoms with Gasteiger partial charge in [0.05, 0.1) is 6.61 Å². The number of carbonyl (C=O) groups is 2. The van der Waals surface area contributed by atoms with E-state index in [1.54, 1.807) is 6.07 Å². The molecule has 0 aliphatic carbocycles. The fourth-order valence-corrected chi connectivity index (χ4v) is 2.09. The molecule has 1 saturated heterocycles. The molecule has 1 aromatic carbocycles. The van der Waals surface area contributed by atoms with Crippen LogP contribution in [-0.4, -0.2) is 31.1 Å². The number of rotatable bonds is 5. The Morgan fingerprint density at radius 2 is 2.14 bits per heavy atom. The van der Waals surface area contributed by atoms with Crippen molar-refractivity contribution in [2.24, 2.45) is 0 Å². The third-order valence-electron chi connectivity index (χ3n) is 3.00. The molecule has 6 nitrogen and oxygen atoms in total. The minimum Gasteiger partial charge on any atom is -0.368 e. The average Bonchev–Trinajstić information content (AvgIpc) is 3.01. The van der Waals surface area contributed by atoms with Crippen LogP contribution in [0.15, 0.2) is 24.3 Å². The predicted molar refractivity (Wildman–Crippen MR) is 76.4 cm³/mol. The van der Waals surface area contributed by atoms with Gasteiger partial charge in [-0.1, -0.05) is 29.8 Å². The Kier molecular flexibility index (Phi) is 5.98. The average molecular weight is 313 g/mol. The van der Waals surface area contributed by atoms with Gasteiger partial charge in [0, 0.05) is 11.6 Å². The van der Waals surface area contributed by atoms with Crippen LogP contribution in [0.4, 0.5) is 0 Å². The maximum atomic E-state index is 11.6. The lowest BCUT2D eigenvalue weighted by Gasteiger charge is -2.11. The molecule has 7 heteroatoms. The van der Waals surface area contributed by atoms with Crippen LogP contribution in [0.25, 0.3) is 0 Å². The smallest absolute Gasteiger partial charge is 0.267 e. The molecule has 1 aromatic rings. The third-order valence-corrected chi connectivity index (χ3v) is 3.36. The van der Waals surface area contributed by atoms with Crippen LogP contribution in [0.2, 0.25) is 5.02 Å². The van der Waals surface area contributed by atoms with E-state index in [9.17, 15) is 9.59 Å². The van der Waals surface area contributed by atoms with Gasteiger partial charge in [-0.3, -0.25) is 20.4 Å². The maximum Gasteiger partial charge on any atom is 0.267 e. The molecule has 1 atom stereocenters. The zero-order valence-electron chi connectivity index (χ0n) is 11.4. The van der Waals surface area contributed by atoms with Crippen molar-refractivity contribution in [1.29, 1.82) is 0 Å². The zero-order valence-corrected chi connectivity index (χ0v) is 12.2. The summed E-state index contributed by atoms with van der Waals surface area (Å²) in [5.41, 5.74) is 5.40. The number of benzene rings is 1. The second kappa shape index (κ2) is 7.97. The topological polar surface area (TPSA) is 76.7 Å². The van der Waals surface area contributed by atoms with Crippen LogP contribution in [-0.2, 0) is 25.7 Å². The summed E-state index contributed by atoms with van der Waals surface area (Å²) < 4.78 is 10.4. The van der Waals surface area contributed by atoms with Crippen molar-refractivity contribution in [2.75, 3.05) is 13.2 Å². The molecule has 1 aliphatic rings. The van der Waals surface area contributed by atoms with E-state index in [2.05, 4.69) is 10.9 Å². The standard InChI is InChI=1S/C14H17ClN2O4/c15-11-5-2-1-4-10(11)8-20-9-13(18)16-17-14(19)12-6-3-7-21-12/h1-2,4-5,12H,3,6-9H2,(H,16,18)(H,17,19)/t12-/m1/s1. The molecule has 2 amide bonds. The van der Waals surface area contributed by atoms with Gasteiger partial charge < -0.3 is 9.47 Å². The van der Waals surface area contributed by atoms with Gasteiger partial charge >= 0.3 is 0 Å². The van der Waals surface area contributed by atoms with Crippen molar-refractivity contribution >= 4 is 23.4 Å². The summed E-state index contributed by atoms with van der Waals surface area (Å²) in [7, 11) is 0. The van der Waals surface area contributed by atoms with Gasteiger partial charge in [0.25, 0.3) is 11.8 Å². The Morgan fingerprint density at radius 3 is 2.86 bits per heavy atom. The summed E-state index contributed by atoms with van der Waals surface area (Å²) >= 11 is 5.96. The molecule has 0 radical (unpaired) electrons. The number of amides is 2. The number of hydrogen-bond donors (Lipinski definition) is 2. The Balaban J connectivity index is 1.63. The fourth-order valence-electron chi connectivity index (χ4n) is 1.90. The lowest BCUT2D eigenvalue weighted by atomic mass is 10.2. The molecule has 114 valence electrons. The predicted octanol–water partition coefficient (Wildman–Crippen LogP) is 1.18. The summed E-state index contributed by atoms with van der Waals surface area (Å²) in [4.78, 5) is 23.1. The molecule has 0 unspecified atom stereocenters. The number of ether oxygens (including phenoxy) is 2. The molecule has 0 bridgehead atoms. The maximum absolute atomic E-state index is 11.6. The van der Waals surface area contributed by atoms with Crippen LogP contribution in [0.3, 0.4) is 0 Å². The minimum absolute atomic E-state index is 0.170. The van der Waals surface area contributed by atoms with E-state index in [4.69, 9.17) is 21.1 Å². The highest BCUT2D eigenvalue weighted by Gasteiger charge is 2.23. The molecule has 1 heterocycles. The lowest BCUT2D eigenvalue weighted by molar-refractivity contribution is -0.136. The molecular weight excluding hydrogens is 296 g/mol. The van der Waals surface area contributed by atoms with E-state index in [-0.39, 0.29) is 19.1 Å². The largest absolute Gasteiger partial charge is 0.368 e. The second-order valence-corrected chi connectivity index (χ2v) is 5.03. The summed E-state index contributed by atoms with van der Waals surface area (Å²) in [6.45, 7) is 0.636. The van der Waals surface area contributed by atoms with Gasteiger partial charge in [-0.2, -0.15) is 0 Å². The van der Waals surface area contributed by atoms with Crippen molar-refractivity contribution in [3.8, 4) is 0 Å². The molecule has 2 N–H and O–H groups in total. The number of nitrogens with one attached hydrogen (secondary N) is 2. The van der Waals surface area contributed by atoms with Crippen LogP contribution in [0.5, 0.6) is 0 Å². The number of halogens is 1. The van der Waals surface area contributed by atoms with Gasteiger partial charge in [-0.05, 0) is 24.5 Å². The first kappa shape index (κ1) is 15.8. The third kappa shape index (κ3) is 5.00. The van der Waals surface area contributed by atoms with Gasteiger partial charge in [0.15, 0.2) is 0 Å². The Morgan fingerprint density at radius 1 is 1.33 bits per heavy atom. The van der Waals surface area contributed by atoms with Gasteiger partial charge in [-0.25, -0.2) is 0 Å². The van der Waals surface area contributed by atoms with E-state index >= 15 is 0 Å². The summed E-state index contributed by atoms with van der Waals surface area (Å²) in [6.07, 6.45) is 1.05. The van der Waals surface area contributed by atoms with E-state index in [0.29, 0.717) is 18.1 Å². The summed E-state index contributed by atoms with van der Waals surface area (Å²) in [5.74, 6) is -0.777. The molecule has 0 spiro atoms. The van der Waals surface area contributed by atoms with Crippen molar-refractivity contribution in [2.45, 2.75) is 25.6 Å². The van der Waals surface area contributed by atoms with E-state index in [1.165, 1.54) is 0 Å². The van der Waals surface area contributed by atoms with Crippen LogP contribution in [0.1, 0.15) is 18.4 Å². The highest BCUT2D eigenvalue weighted by Crippen LogP contribution is 2.15.